The molecular formula is C12H26N2O. The van der Waals surface area contributed by atoms with Crippen LogP contribution in [0.4, 0.5) is 0 Å². The van der Waals surface area contributed by atoms with Crippen molar-refractivity contribution >= 4 is 5.91 Å². The number of rotatable bonds is 4. The summed E-state index contributed by atoms with van der Waals surface area (Å²) in [6, 6.07) is -0.411. The Bertz CT molecular complexity index is 208. The Morgan fingerprint density at radius 2 is 1.87 bits per heavy atom. The first-order chi connectivity index (χ1) is 6.70. The Morgan fingerprint density at radius 1 is 1.40 bits per heavy atom. The third-order valence-corrected chi connectivity index (χ3v) is 2.86. The molecule has 0 bridgehead atoms. The first-order valence-electron chi connectivity index (χ1n) is 5.70. The van der Waals surface area contributed by atoms with Crippen LogP contribution < -0.4 is 5.73 Å². The number of nitrogens with two attached hydrogens (primary N) is 1. The normalized spacial score (nSPS) is 15.9. The van der Waals surface area contributed by atoms with Crippen molar-refractivity contribution in [2.75, 3.05) is 13.6 Å². The lowest BCUT2D eigenvalue weighted by molar-refractivity contribution is -0.134. The second-order valence-corrected chi connectivity index (χ2v) is 5.58. The summed E-state index contributed by atoms with van der Waals surface area (Å²) in [6.07, 6.45) is 1.09. The van der Waals surface area contributed by atoms with Crippen LogP contribution in [-0.4, -0.2) is 30.4 Å². The lowest BCUT2D eigenvalue weighted by Crippen LogP contribution is -2.50. The molecule has 0 heterocycles. The zero-order chi connectivity index (χ0) is 12.2. The van der Waals surface area contributed by atoms with Gasteiger partial charge in [-0.25, -0.2) is 0 Å². The van der Waals surface area contributed by atoms with Crippen molar-refractivity contribution in [3.63, 3.8) is 0 Å². The van der Waals surface area contributed by atoms with Crippen LogP contribution in [0.25, 0.3) is 0 Å². The van der Waals surface area contributed by atoms with Gasteiger partial charge in [0.1, 0.15) is 0 Å². The van der Waals surface area contributed by atoms with E-state index in [9.17, 15) is 4.79 Å². The van der Waals surface area contributed by atoms with Crippen molar-refractivity contribution in [3.05, 3.63) is 0 Å². The molecule has 0 aliphatic rings. The second kappa shape index (κ2) is 5.50. The minimum atomic E-state index is -0.411. The Labute approximate surface area is 94.0 Å². The van der Waals surface area contributed by atoms with Gasteiger partial charge in [0, 0.05) is 13.6 Å². The molecule has 0 fully saturated rings. The fourth-order valence-electron chi connectivity index (χ4n) is 1.29. The Balaban J connectivity index is 4.32. The van der Waals surface area contributed by atoms with Gasteiger partial charge in [-0.15, -0.1) is 0 Å². The van der Waals surface area contributed by atoms with Gasteiger partial charge in [-0.1, -0.05) is 41.0 Å². The molecule has 0 radical (unpaired) electrons. The molecule has 1 unspecified atom stereocenters. The third-order valence-electron chi connectivity index (χ3n) is 2.86. The summed E-state index contributed by atoms with van der Waals surface area (Å²) in [4.78, 5) is 13.7. The molecule has 15 heavy (non-hydrogen) atoms. The molecule has 0 aromatic heterocycles. The van der Waals surface area contributed by atoms with Crippen LogP contribution in [-0.2, 0) is 4.79 Å². The maximum atomic E-state index is 11.9. The third kappa shape index (κ3) is 4.65. The summed E-state index contributed by atoms with van der Waals surface area (Å²) in [5, 5.41) is 0. The maximum Gasteiger partial charge on any atom is 0.239 e. The SMILES string of the molecule is CCC(C)CN(C)C(=O)[C@H](N)C(C)(C)C. The summed E-state index contributed by atoms with van der Waals surface area (Å²) >= 11 is 0. The van der Waals surface area contributed by atoms with Crippen molar-refractivity contribution in [1.82, 2.24) is 4.90 Å². The molecule has 0 aliphatic carbocycles. The number of hydrogen-bond acceptors (Lipinski definition) is 2. The number of nitrogens with zero attached hydrogens (tertiary/aromatic N) is 1. The smallest absolute Gasteiger partial charge is 0.239 e. The van der Waals surface area contributed by atoms with Crippen molar-refractivity contribution in [2.24, 2.45) is 17.1 Å². The number of hydrogen-bond donors (Lipinski definition) is 1. The highest BCUT2D eigenvalue weighted by molar-refractivity contribution is 5.82. The summed E-state index contributed by atoms with van der Waals surface area (Å²) in [6.45, 7) is 11.0. The molecule has 0 rings (SSSR count). The summed E-state index contributed by atoms with van der Waals surface area (Å²) < 4.78 is 0. The lowest BCUT2D eigenvalue weighted by Gasteiger charge is -2.31. The van der Waals surface area contributed by atoms with E-state index in [1.165, 1.54) is 0 Å². The van der Waals surface area contributed by atoms with E-state index in [1.807, 2.05) is 27.8 Å². The number of likely N-dealkylation sites (N-methyl/N-ethyl adjacent to an activating group) is 1. The first-order valence-corrected chi connectivity index (χ1v) is 5.70. The second-order valence-electron chi connectivity index (χ2n) is 5.58. The van der Waals surface area contributed by atoms with Gasteiger partial charge in [0.15, 0.2) is 0 Å². The van der Waals surface area contributed by atoms with Gasteiger partial charge in [0.25, 0.3) is 0 Å². The first kappa shape index (κ1) is 14.4. The standard InChI is InChI=1S/C12H26N2O/c1-7-9(2)8-14(6)11(15)10(13)12(3,4)5/h9-10H,7-8,13H2,1-6H3/t9?,10-/m0/s1. The van der Waals surface area contributed by atoms with Crippen molar-refractivity contribution in [2.45, 2.75) is 47.1 Å². The molecule has 0 spiro atoms. The minimum absolute atomic E-state index is 0.0443. The average molecular weight is 214 g/mol. The highest BCUT2D eigenvalue weighted by atomic mass is 16.2. The average Bonchev–Trinajstić information content (AvgIpc) is 2.13. The number of carbonyl (C=O) groups excluding carboxylic acids is 1. The monoisotopic (exact) mass is 214 g/mol. The molecule has 0 aromatic rings. The molecule has 0 saturated heterocycles. The van der Waals surface area contributed by atoms with E-state index < -0.39 is 6.04 Å². The topological polar surface area (TPSA) is 46.3 Å². The maximum absolute atomic E-state index is 11.9. The van der Waals surface area contributed by atoms with E-state index >= 15 is 0 Å². The minimum Gasteiger partial charge on any atom is -0.344 e. The molecule has 0 aliphatic heterocycles. The van der Waals surface area contributed by atoms with E-state index in [4.69, 9.17) is 5.73 Å². The van der Waals surface area contributed by atoms with E-state index in [2.05, 4.69) is 13.8 Å². The van der Waals surface area contributed by atoms with Crippen LogP contribution >= 0.6 is 0 Å². The molecule has 0 saturated carbocycles. The highest BCUT2D eigenvalue weighted by Crippen LogP contribution is 2.19. The summed E-state index contributed by atoms with van der Waals surface area (Å²) in [5.41, 5.74) is 5.76. The molecule has 2 atom stereocenters. The van der Waals surface area contributed by atoms with Gasteiger partial charge in [-0.3, -0.25) is 4.79 Å². The fraction of sp³-hybridized carbons (Fsp3) is 0.917. The zero-order valence-corrected chi connectivity index (χ0v) is 11.0. The highest BCUT2D eigenvalue weighted by Gasteiger charge is 2.29. The van der Waals surface area contributed by atoms with Gasteiger partial charge < -0.3 is 10.6 Å². The molecule has 3 heteroatoms. The Hall–Kier alpha value is -0.570. The summed E-state index contributed by atoms with van der Waals surface area (Å²) in [7, 11) is 1.83. The predicted octanol–water partition coefficient (Wildman–Crippen LogP) is 1.86. The number of amides is 1. The van der Waals surface area contributed by atoms with Gasteiger partial charge in [-0.05, 0) is 11.3 Å². The van der Waals surface area contributed by atoms with Crippen molar-refractivity contribution in [3.8, 4) is 0 Å². The predicted molar refractivity (Wildman–Crippen MR) is 64.5 cm³/mol. The van der Waals surface area contributed by atoms with Gasteiger partial charge in [0.05, 0.1) is 6.04 Å². The van der Waals surface area contributed by atoms with Crippen LogP contribution in [0.15, 0.2) is 0 Å². The fourth-order valence-corrected chi connectivity index (χ4v) is 1.29. The van der Waals surface area contributed by atoms with E-state index in [-0.39, 0.29) is 11.3 Å². The van der Waals surface area contributed by atoms with Crippen LogP contribution in [0.3, 0.4) is 0 Å². The van der Waals surface area contributed by atoms with Gasteiger partial charge in [0.2, 0.25) is 5.91 Å². The lowest BCUT2D eigenvalue weighted by atomic mass is 9.86. The van der Waals surface area contributed by atoms with Crippen LogP contribution in [0, 0.1) is 11.3 Å². The van der Waals surface area contributed by atoms with E-state index in [1.54, 1.807) is 4.90 Å². The molecule has 90 valence electrons. The molecule has 0 aromatic carbocycles. The van der Waals surface area contributed by atoms with Crippen LogP contribution in [0.1, 0.15) is 41.0 Å². The van der Waals surface area contributed by atoms with E-state index in [0.717, 1.165) is 13.0 Å². The zero-order valence-electron chi connectivity index (χ0n) is 11.0. The Kier molecular flexibility index (Phi) is 5.29. The quantitative estimate of drug-likeness (QED) is 0.776. The van der Waals surface area contributed by atoms with Crippen molar-refractivity contribution in [1.29, 1.82) is 0 Å². The van der Waals surface area contributed by atoms with Crippen LogP contribution in [0.2, 0.25) is 0 Å². The van der Waals surface area contributed by atoms with Crippen molar-refractivity contribution < 1.29 is 4.79 Å². The molecular weight excluding hydrogens is 188 g/mol. The van der Waals surface area contributed by atoms with Gasteiger partial charge in [-0.2, -0.15) is 0 Å². The number of carbonyl (C=O) groups is 1. The van der Waals surface area contributed by atoms with Crippen LogP contribution in [0.5, 0.6) is 0 Å². The van der Waals surface area contributed by atoms with E-state index in [0.29, 0.717) is 5.92 Å². The molecule has 3 nitrogen and oxygen atoms in total. The molecule has 1 amide bonds. The largest absolute Gasteiger partial charge is 0.344 e. The molecule has 2 N–H and O–H groups in total. The Morgan fingerprint density at radius 3 is 2.20 bits per heavy atom. The van der Waals surface area contributed by atoms with Gasteiger partial charge >= 0.3 is 0 Å². The summed E-state index contributed by atoms with van der Waals surface area (Å²) in [5.74, 6) is 0.578.